The Morgan fingerprint density at radius 3 is 2.92 bits per heavy atom. The quantitative estimate of drug-likeness (QED) is 0.681. The summed E-state index contributed by atoms with van der Waals surface area (Å²) in [6.45, 7) is 7.91. The van der Waals surface area contributed by atoms with E-state index in [0.29, 0.717) is 5.92 Å². The average molecular weight is 186 g/mol. The lowest BCUT2D eigenvalue weighted by atomic mass is 9.94. The number of nitrogens with one attached hydrogen (secondary N) is 1. The average Bonchev–Trinajstić information content (AvgIpc) is 2.15. The van der Waals surface area contributed by atoms with E-state index in [9.17, 15) is 0 Å². The summed E-state index contributed by atoms with van der Waals surface area (Å²) in [5.41, 5.74) is 5.74. The first-order valence-corrected chi connectivity index (χ1v) is 5.19. The van der Waals surface area contributed by atoms with Gasteiger partial charge in [0.15, 0.2) is 0 Å². The molecular weight excluding hydrogens is 164 g/mol. The minimum absolute atomic E-state index is 0.182. The van der Waals surface area contributed by atoms with Crippen LogP contribution in [0.5, 0.6) is 0 Å². The molecule has 78 valence electrons. The molecule has 1 saturated heterocycles. The van der Waals surface area contributed by atoms with Crippen molar-refractivity contribution in [2.75, 3.05) is 26.3 Å². The first kappa shape index (κ1) is 11.0. The molecule has 0 aromatic heterocycles. The van der Waals surface area contributed by atoms with Gasteiger partial charge in [0.05, 0.1) is 6.61 Å². The van der Waals surface area contributed by atoms with Crippen LogP contribution in [0.15, 0.2) is 0 Å². The molecule has 1 heterocycles. The Bertz CT molecular complexity index is 144. The monoisotopic (exact) mass is 186 g/mol. The SMILES string of the molecule is CC(CN)CNC1(C)CCCOC1. The Kier molecular flexibility index (Phi) is 4.16. The summed E-state index contributed by atoms with van der Waals surface area (Å²) < 4.78 is 5.46. The summed E-state index contributed by atoms with van der Waals surface area (Å²) in [6, 6.07) is 0. The molecule has 2 atom stereocenters. The molecule has 0 aliphatic carbocycles. The Morgan fingerprint density at radius 2 is 2.38 bits per heavy atom. The van der Waals surface area contributed by atoms with Crippen LogP contribution < -0.4 is 11.1 Å². The van der Waals surface area contributed by atoms with E-state index < -0.39 is 0 Å². The standard InChI is InChI=1S/C10H22N2O/c1-9(6-11)7-12-10(2)4-3-5-13-8-10/h9,12H,3-8,11H2,1-2H3. The van der Waals surface area contributed by atoms with Crippen molar-refractivity contribution in [2.24, 2.45) is 11.7 Å². The fourth-order valence-corrected chi connectivity index (χ4v) is 1.58. The minimum atomic E-state index is 0.182. The van der Waals surface area contributed by atoms with Gasteiger partial charge in [0.2, 0.25) is 0 Å². The van der Waals surface area contributed by atoms with E-state index >= 15 is 0 Å². The van der Waals surface area contributed by atoms with Gasteiger partial charge in [-0.1, -0.05) is 6.92 Å². The van der Waals surface area contributed by atoms with Crippen molar-refractivity contribution < 1.29 is 4.74 Å². The van der Waals surface area contributed by atoms with Crippen LogP contribution in [-0.4, -0.2) is 31.8 Å². The predicted octanol–water partition coefficient (Wildman–Crippen LogP) is 0.740. The third kappa shape index (κ3) is 3.63. The van der Waals surface area contributed by atoms with Crippen LogP contribution in [0.3, 0.4) is 0 Å². The number of hydrogen-bond acceptors (Lipinski definition) is 3. The van der Waals surface area contributed by atoms with Gasteiger partial charge in [-0.15, -0.1) is 0 Å². The van der Waals surface area contributed by atoms with Crippen molar-refractivity contribution in [1.29, 1.82) is 0 Å². The van der Waals surface area contributed by atoms with Crippen LogP contribution in [0, 0.1) is 5.92 Å². The molecule has 1 fully saturated rings. The molecule has 1 aliphatic heterocycles. The maximum absolute atomic E-state index is 5.56. The topological polar surface area (TPSA) is 47.3 Å². The van der Waals surface area contributed by atoms with E-state index in [4.69, 9.17) is 10.5 Å². The maximum Gasteiger partial charge on any atom is 0.0645 e. The molecule has 0 amide bonds. The third-order valence-corrected chi connectivity index (χ3v) is 2.72. The Morgan fingerprint density at radius 1 is 1.62 bits per heavy atom. The molecule has 0 bridgehead atoms. The number of rotatable bonds is 4. The summed E-state index contributed by atoms with van der Waals surface area (Å²) in [5, 5.41) is 3.54. The first-order chi connectivity index (χ1) is 6.16. The van der Waals surface area contributed by atoms with Crippen molar-refractivity contribution in [2.45, 2.75) is 32.2 Å². The van der Waals surface area contributed by atoms with Crippen molar-refractivity contribution in [3.05, 3.63) is 0 Å². The number of nitrogens with two attached hydrogens (primary N) is 1. The molecule has 1 rings (SSSR count). The van der Waals surface area contributed by atoms with E-state index in [1.807, 2.05) is 0 Å². The highest BCUT2D eigenvalue weighted by Crippen LogP contribution is 2.18. The third-order valence-electron chi connectivity index (χ3n) is 2.72. The van der Waals surface area contributed by atoms with E-state index in [2.05, 4.69) is 19.2 Å². The van der Waals surface area contributed by atoms with Gasteiger partial charge in [-0.3, -0.25) is 0 Å². The van der Waals surface area contributed by atoms with Crippen molar-refractivity contribution in [3.8, 4) is 0 Å². The van der Waals surface area contributed by atoms with Gasteiger partial charge >= 0.3 is 0 Å². The van der Waals surface area contributed by atoms with Gasteiger partial charge in [0.25, 0.3) is 0 Å². The molecule has 3 N–H and O–H groups in total. The van der Waals surface area contributed by atoms with Gasteiger partial charge in [-0.25, -0.2) is 0 Å². The van der Waals surface area contributed by atoms with E-state index in [0.717, 1.165) is 26.3 Å². The Labute approximate surface area is 81.0 Å². The van der Waals surface area contributed by atoms with Crippen LogP contribution in [0.2, 0.25) is 0 Å². The van der Waals surface area contributed by atoms with Gasteiger partial charge in [0.1, 0.15) is 0 Å². The summed E-state index contributed by atoms with van der Waals surface area (Å²) in [5.74, 6) is 0.554. The van der Waals surface area contributed by atoms with Crippen molar-refractivity contribution in [1.82, 2.24) is 5.32 Å². The fraction of sp³-hybridized carbons (Fsp3) is 1.00. The van der Waals surface area contributed by atoms with Crippen molar-refractivity contribution in [3.63, 3.8) is 0 Å². The highest BCUT2D eigenvalue weighted by atomic mass is 16.5. The van der Waals surface area contributed by atoms with Crippen LogP contribution >= 0.6 is 0 Å². The van der Waals surface area contributed by atoms with Gasteiger partial charge in [-0.2, -0.15) is 0 Å². The predicted molar refractivity (Wildman–Crippen MR) is 54.7 cm³/mol. The molecule has 0 saturated carbocycles. The lowest BCUT2D eigenvalue weighted by Gasteiger charge is -2.35. The normalized spacial score (nSPS) is 31.6. The van der Waals surface area contributed by atoms with Crippen LogP contribution in [0.25, 0.3) is 0 Å². The zero-order valence-electron chi connectivity index (χ0n) is 8.81. The summed E-state index contributed by atoms with van der Waals surface area (Å²) in [7, 11) is 0. The summed E-state index contributed by atoms with van der Waals surface area (Å²) in [4.78, 5) is 0. The summed E-state index contributed by atoms with van der Waals surface area (Å²) in [6.07, 6.45) is 2.38. The minimum Gasteiger partial charge on any atom is -0.380 e. The molecule has 0 aromatic rings. The van der Waals surface area contributed by atoms with Crippen LogP contribution in [-0.2, 0) is 4.74 Å². The highest BCUT2D eigenvalue weighted by molar-refractivity contribution is 4.85. The lowest BCUT2D eigenvalue weighted by molar-refractivity contribution is 0.0273. The molecular formula is C10H22N2O. The first-order valence-electron chi connectivity index (χ1n) is 5.19. The second-order valence-corrected chi connectivity index (χ2v) is 4.44. The Balaban J connectivity index is 2.24. The smallest absolute Gasteiger partial charge is 0.0645 e. The molecule has 0 radical (unpaired) electrons. The maximum atomic E-state index is 5.56. The zero-order chi connectivity index (χ0) is 9.73. The Hall–Kier alpha value is -0.120. The molecule has 0 aromatic carbocycles. The lowest BCUT2D eigenvalue weighted by Crippen LogP contribution is -2.50. The highest BCUT2D eigenvalue weighted by Gasteiger charge is 2.26. The second kappa shape index (κ2) is 4.94. The molecule has 13 heavy (non-hydrogen) atoms. The van der Waals surface area contributed by atoms with Crippen LogP contribution in [0.4, 0.5) is 0 Å². The molecule has 2 unspecified atom stereocenters. The zero-order valence-corrected chi connectivity index (χ0v) is 8.81. The molecule has 0 spiro atoms. The van der Waals surface area contributed by atoms with Crippen molar-refractivity contribution >= 4 is 0 Å². The molecule has 3 nitrogen and oxygen atoms in total. The molecule has 3 heteroatoms. The fourth-order valence-electron chi connectivity index (χ4n) is 1.58. The largest absolute Gasteiger partial charge is 0.380 e. The molecule has 1 aliphatic rings. The van der Waals surface area contributed by atoms with Gasteiger partial charge in [-0.05, 0) is 38.8 Å². The summed E-state index contributed by atoms with van der Waals surface area (Å²) >= 11 is 0. The van der Waals surface area contributed by atoms with Crippen LogP contribution in [0.1, 0.15) is 26.7 Å². The van der Waals surface area contributed by atoms with E-state index in [1.54, 1.807) is 0 Å². The van der Waals surface area contributed by atoms with E-state index in [1.165, 1.54) is 12.8 Å². The second-order valence-electron chi connectivity index (χ2n) is 4.44. The van der Waals surface area contributed by atoms with Gasteiger partial charge in [0, 0.05) is 12.1 Å². The van der Waals surface area contributed by atoms with E-state index in [-0.39, 0.29) is 5.54 Å². The number of ether oxygens (including phenoxy) is 1. The number of hydrogen-bond donors (Lipinski definition) is 2. The van der Waals surface area contributed by atoms with Gasteiger partial charge < -0.3 is 15.8 Å².